The number of aromatic amines is 1. The normalized spacial score (nSPS) is 27.9. The Labute approximate surface area is 69.8 Å². The van der Waals surface area contributed by atoms with Gasteiger partial charge >= 0.3 is 5.69 Å². The van der Waals surface area contributed by atoms with Crippen LogP contribution in [0.25, 0.3) is 0 Å². The van der Waals surface area contributed by atoms with Crippen molar-refractivity contribution in [2.24, 2.45) is 11.8 Å². The van der Waals surface area contributed by atoms with E-state index in [-0.39, 0.29) is 11.7 Å². The second kappa shape index (κ2) is 2.43. The molecule has 0 bridgehead atoms. The van der Waals surface area contributed by atoms with Crippen molar-refractivity contribution in [2.75, 3.05) is 0 Å². The number of hydrogen-bond acceptors (Lipinski definition) is 3. The summed E-state index contributed by atoms with van der Waals surface area (Å²) in [4.78, 5) is 11.1. The molecule has 1 fully saturated rings. The van der Waals surface area contributed by atoms with Crippen LogP contribution in [-0.4, -0.2) is 20.2 Å². The van der Waals surface area contributed by atoms with Gasteiger partial charge in [-0.1, -0.05) is 13.8 Å². The highest BCUT2D eigenvalue weighted by Gasteiger charge is 2.42. The van der Waals surface area contributed by atoms with Gasteiger partial charge in [0.15, 0.2) is 0 Å². The highest BCUT2D eigenvalue weighted by atomic mass is 16.2. The lowest BCUT2D eigenvalue weighted by Gasteiger charge is -2.00. The van der Waals surface area contributed by atoms with Gasteiger partial charge in [-0.15, -0.1) is 0 Å². The number of H-pyrrole nitrogens is 1. The lowest BCUT2D eigenvalue weighted by molar-refractivity contribution is 0.473. The van der Waals surface area contributed by atoms with E-state index >= 15 is 0 Å². The summed E-state index contributed by atoms with van der Waals surface area (Å²) in [6.45, 7) is 4.32. The Morgan fingerprint density at radius 1 is 1.67 bits per heavy atom. The van der Waals surface area contributed by atoms with E-state index in [1.54, 1.807) is 0 Å². The van der Waals surface area contributed by atoms with E-state index in [1.165, 1.54) is 4.68 Å². The van der Waals surface area contributed by atoms with Gasteiger partial charge in [-0.05, 0) is 28.7 Å². The van der Waals surface area contributed by atoms with Crippen molar-refractivity contribution in [1.29, 1.82) is 0 Å². The third-order valence-corrected chi connectivity index (χ3v) is 2.47. The van der Waals surface area contributed by atoms with Gasteiger partial charge in [0.05, 0.1) is 6.04 Å². The predicted octanol–water partition coefficient (Wildman–Crippen LogP) is 0.183. The molecule has 1 aromatic rings. The maximum Gasteiger partial charge on any atom is 0.361 e. The topological polar surface area (TPSA) is 63.6 Å². The van der Waals surface area contributed by atoms with Crippen LogP contribution in [0.3, 0.4) is 0 Å². The minimum atomic E-state index is -0.192. The lowest BCUT2D eigenvalue weighted by Crippen LogP contribution is -2.18. The zero-order chi connectivity index (χ0) is 8.72. The van der Waals surface area contributed by atoms with Crippen molar-refractivity contribution in [2.45, 2.75) is 26.3 Å². The van der Waals surface area contributed by atoms with E-state index in [9.17, 15) is 4.79 Å². The maximum atomic E-state index is 11.1. The molecule has 5 nitrogen and oxygen atoms in total. The van der Waals surface area contributed by atoms with Crippen LogP contribution in [0.2, 0.25) is 0 Å². The van der Waals surface area contributed by atoms with Crippen LogP contribution in [0.4, 0.5) is 0 Å². The van der Waals surface area contributed by atoms with Crippen molar-refractivity contribution >= 4 is 0 Å². The van der Waals surface area contributed by atoms with E-state index in [1.807, 2.05) is 0 Å². The Morgan fingerprint density at radius 3 is 2.83 bits per heavy atom. The van der Waals surface area contributed by atoms with Crippen molar-refractivity contribution in [3.63, 3.8) is 0 Å². The van der Waals surface area contributed by atoms with Gasteiger partial charge in [-0.2, -0.15) is 4.68 Å². The number of hydrogen-bond donors (Lipinski definition) is 1. The number of nitrogens with one attached hydrogen (secondary N) is 1. The molecule has 1 saturated carbocycles. The molecule has 0 radical (unpaired) electrons. The Balaban J connectivity index is 2.16. The summed E-state index contributed by atoms with van der Waals surface area (Å²) in [5, 5.41) is 9.46. The van der Waals surface area contributed by atoms with Crippen molar-refractivity contribution < 1.29 is 0 Å². The minimum absolute atomic E-state index is 0.192. The third kappa shape index (κ3) is 1.05. The Morgan fingerprint density at radius 2 is 2.42 bits per heavy atom. The quantitative estimate of drug-likeness (QED) is 0.685. The van der Waals surface area contributed by atoms with Crippen LogP contribution in [0, 0.1) is 11.8 Å². The first-order valence-electron chi connectivity index (χ1n) is 4.20. The molecule has 0 aliphatic heterocycles. The summed E-state index contributed by atoms with van der Waals surface area (Å²) in [6.07, 6.45) is 1.06. The maximum absolute atomic E-state index is 11.1. The van der Waals surface area contributed by atoms with E-state index in [4.69, 9.17) is 0 Å². The SMILES string of the molecule is CC(C)C1CC1n1nn[nH]c1=O. The molecule has 2 rings (SSSR count). The fraction of sp³-hybridized carbons (Fsp3) is 0.857. The molecule has 1 aromatic heterocycles. The molecule has 5 heteroatoms. The summed E-state index contributed by atoms with van der Waals surface area (Å²) < 4.78 is 1.45. The summed E-state index contributed by atoms with van der Waals surface area (Å²) in [6, 6.07) is 0.288. The molecule has 1 N–H and O–H groups in total. The lowest BCUT2D eigenvalue weighted by atomic mass is 10.1. The molecule has 0 saturated heterocycles. The summed E-state index contributed by atoms with van der Waals surface area (Å²) in [5.41, 5.74) is -0.192. The smallest absolute Gasteiger partial charge is 0.245 e. The standard InChI is InChI=1S/C7H12N4O/c1-4(2)5-3-6(5)11-7(12)8-9-10-11/h4-6H,3H2,1-2H3,(H,8,10,12). The van der Waals surface area contributed by atoms with Crippen LogP contribution >= 0.6 is 0 Å². The van der Waals surface area contributed by atoms with Crippen LogP contribution in [0.15, 0.2) is 4.79 Å². The molecular weight excluding hydrogens is 156 g/mol. The first kappa shape index (κ1) is 7.52. The van der Waals surface area contributed by atoms with Crippen molar-refractivity contribution in [3.8, 4) is 0 Å². The van der Waals surface area contributed by atoms with Crippen LogP contribution < -0.4 is 5.69 Å². The third-order valence-electron chi connectivity index (χ3n) is 2.47. The first-order chi connectivity index (χ1) is 5.70. The molecule has 0 amide bonds. The molecule has 1 aliphatic carbocycles. The van der Waals surface area contributed by atoms with E-state index < -0.39 is 0 Å². The summed E-state index contributed by atoms with van der Waals surface area (Å²) >= 11 is 0. The van der Waals surface area contributed by atoms with Crippen molar-refractivity contribution in [3.05, 3.63) is 10.5 Å². The van der Waals surface area contributed by atoms with Gasteiger partial charge in [-0.3, -0.25) is 0 Å². The fourth-order valence-electron chi connectivity index (χ4n) is 1.62. The zero-order valence-corrected chi connectivity index (χ0v) is 7.19. The van der Waals surface area contributed by atoms with E-state index in [0.29, 0.717) is 11.8 Å². The van der Waals surface area contributed by atoms with Gasteiger partial charge in [0.1, 0.15) is 0 Å². The molecule has 2 unspecified atom stereocenters. The Kier molecular flexibility index (Phi) is 1.52. The zero-order valence-electron chi connectivity index (χ0n) is 7.19. The molecule has 1 heterocycles. The molecular formula is C7H12N4O. The largest absolute Gasteiger partial charge is 0.361 e. The van der Waals surface area contributed by atoms with Crippen molar-refractivity contribution in [1.82, 2.24) is 20.2 Å². The molecule has 0 spiro atoms. The molecule has 1 aliphatic rings. The predicted molar refractivity (Wildman–Crippen MR) is 42.6 cm³/mol. The van der Waals surface area contributed by atoms with Gasteiger partial charge in [0, 0.05) is 0 Å². The second-order valence-electron chi connectivity index (χ2n) is 3.66. The van der Waals surface area contributed by atoms with Gasteiger partial charge < -0.3 is 0 Å². The Hall–Kier alpha value is -1.13. The van der Waals surface area contributed by atoms with Gasteiger partial charge in [0.25, 0.3) is 0 Å². The van der Waals surface area contributed by atoms with E-state index in [0.717, 1.165) is 6.42 Å². The van der Waals surface area contributed by atoms with Crippen LogP contribution in [0.1, 0.15) is 26.3 Å². The first-order valence-corrected chi connectivity index (χ1v) is 4.20. The molecule has 0 aromatic carbocycles. The number of nitrogens with zero attached hydrogens (tertiary/aromatic N) is 3. The highest BCUT2D eigenvalue weighted by Crippen LogP contribution is 2.46. The molecule has 66 valence electrons. The number of aromatic nitrogens is 4. The van der Waals surface area contributed by atoms with Gasteiger partial charge in [-0.25, -0.2) is 9.89 Å². The highest BCUT2D eigenvalue weighted by molar-refractivity contribution is 4.92. The van der Waals surface area contributed by atoms with Gasteiger partial charge in [0.2, 0.25) is 0 Å². The number of rotatable bonds is 2. The minimum Gasteiger partial charge on any atom is -0.245 e. The molecule has 2 atom stereocenters. The van der Waals surface area contributed by atoms with Crippen LogP contribution in [-0.2, 0) is 0 Å². The van der Waals surface area contributed by atoms with E-state index in [2.05, 4.69) is 29.4 Å². The summed E-state index contributed by atoms with van der Waals surface area (Å²) in [5.74, 6) is 1.23. The van der Waals surface area contributed by atoms with Crippen LogP contribution in [0.5, 0.6) is 0 Å². The average Bonchev–Trinajstić information content (AvgIpc) is 2.70. The monoisotopic (exact) mass is 168 g/mol. The molecule has 12 heavy (non-hydrogen) atoms. The fourth-order valence-corrected chi connectivity index (χ4v) is 1.62. The average molecular weight is 168 g/mol. The Bertz CT molecular complexity index is 326. The summed E-state index contributed by atoms with van der Waals surface area (Å²) in [7, 11) is 0. The second-order valence-corrected chi connectivity index (χ2v) is 3.66. The number of tetrazole rings is 1.